The quantitative estimate of drug-likeness (QED) is 0.864. The first-order chi connectivity index (χ1) is 7.13. The lowest BCUT2D eigenvalue weighted by atomic mass is 9.67. The maximum absolute atomic E-state index is 6.16. The van der Waals surface area contributed by atoms with Crippen molar-refractivity contribution in [1.29, 1.82) is 0 Å². The Morgan fingerprint density at radius 3 is 2.73 bits per heavy atom. The van der Waals surface area contributed by atoms with Gasteiger partial charge in [-0.05, 0) is 36.4 Å². The first-order valence-electron chi connectivity index (χ1n) is 5.31. The Hall–Kier alpha value is 0.240. The van der Waals surface area contributed by atoms with Crippen molar-refractivity contribution in [2.45, 2.75) is 32.2 Å². The molecule has 1 heterocycles. The molecule has 0 aromatic carbocycles. The molecule has 1 aliphatic carbocycles. The first-order valence-corrected chi connectivity index (χ1v) is 6.88. The number of nitrogens with one attached hydrogen (secondary N) is 1. The molecular formula is C11H15Cl2NS. The monoisotopic (exact) mass is 263 g/mol. The molecule has 1 aromatic heterocycles. The third-order valence-corrected chi connectivity index (χ3v) is 4.84. The predicted molar refractivity (Wildman–Crippen MR) is 68.3 cm³/mol. The second-order valence-corrected chi connectivity index (χ2v) is 6.43. The maximum atomic E-state index is 6.16. The normalized spacial score (nSPS) is 30.3. The van der Waals surface area contributed by atoms with E-state index in [0.717, 1.165) is 15.2 Å². The van der Waals surface area contributed by atoms with Crippen molar-refractivity contribution in [3.8, 4) is 0 Å². The minimum Gasteiger partial charge on any atom is -0.314 e. The molecule has 3 atom stereocenters. The SMILES string of the molecule is CCNC1CC(c2cc(Cl)sc2Cl)C1C. The molecule has 1 N–H and O–H groups in total. The smallest absolute Gasteiger partial charge is 0.0979 e. The third-order valence-electron chi connectivity index (χ3n) is 3.33. The van der Waals surface area contributed by atoms with Gasteiger partial charge in [-0.15, -0.1) is 11.3 Å². The highest BCUT2D eigenvalue weighted by Crippen LogP contribution is 2.47. The Morgan fingerprint density at radius 1 is 1.53 bits per heavy atom. The van der Waals surface area contributed by atoms with Crippen LogP contribution in [0, 0.1) is 5.92 Å². The Balaban J connectivity index is 2.06. The van der Waals surface area contributed by atoms with Crippen molar-refractivity contribution in [2.24, 2.45) is 5.92 Å². The first kappa shape index (κ1) is 11.7. The Morgan fingerprint density at radius 2 is 2.27 bits per heavy atom. The standard InChI is InChI=1S/C11H15Cl2NS/c1-3-14-9-4-7(6(9)2)8-5-10(12)15-11(8)13/h5-7,9,14H,3-4H2,1-2H3. The lowest BCUT2D eigenvalue weighted by Crippen LogP contribution is -2.47. The van der Waals surface area contributed by atoms with Crippen LogP contribution in [0.4, 0.5) is 0 Å². The fourth-order valence-corrected chi connectivity index (χ4v) is 3.93. The predicted octanol–water partition coefficient (Wildman–Crippen LogP) is 4.16. The van der Waals surface area contributed by atoms with Gasteiger partial charge in [0.1, 0.15) is 0 Å². The molecule has 1 fully saturated rings. The van der Waals surface area contributed by atoms with Crippen molar-refractivity contribution >= 4 is 34.5 Å². The van der Waals surface area contributed by atoms with Crippen LogP contribution in [0.1, 0.15) is 31.7 Å². The van der Waals surface area contributed by atoms with Gasteiger partial charge < -0.3 is 5.32 Å². The summed E-state index contributed by atoms with van der Waals surface area (Å²) < 4.78 is 1.67. The summed E-state index contributed by atoms with van der Waals surface area (Å²) in [6.07, 6.45) is 1.18. The molecule has 0 saturated heterocycles. The lowest BCUT2D eigenvalue weighted by molar-refractivity contribution is 0.187. The van der Waals surface area contributed by atoms with Crippen LogP contribution in [0.25, 0.3) is 0 Å². The van der Waals surface area contributed by atoms with Crippen molar-refractivity contribution in [2.75, 3.05) is 6.54 Å². The Bertz CT molecular complexity index is 350. The molecule has 0 radical (unpaired) electrons. The lowest BCUT2D eigenvalue weighted by Gasteiger charge is -2.43. The minimum absolute atomic E-state index is 0.588. The van der Waals surface area contributed by atoms with E-state index >= 15 is 0 Å². The molecule has 2 rings (SSSR count). The summed E-state index contributed by atoms with van der Waals surface area (Å²) in [6.45, 7) is 5.47. The second kappa shape index (κ2) is 4.62. The van der Waals surface area contributed by atoms with E-state index in [9.17, 15) is 0 Å². The fraction of sp³-hybridized carbons (Fsp3) is 0.636. The summed E-state index contributed by atoms with van der Waals surface area (Å²) in [6, 6.07) is 2.67. The summed E-state index contributed by atoms with van der Waals surface area (Å²) in [5.74, 6) is 1.25. The third kappa shape index (κ3) is 2.19. The average molecular weight is 264 g/mol. The highest BCUT2D eigenvalue weighted by molar-refractivity contribution is 7.20. The van der Waals surface area contributed by atoms with Gasteiger partial charge in [-0.25, -0.2) is 0 Å². The number of halogens is 2. The summed E-state index contributed by atoms with van der Waals surface area (Å²) in [5, 5.41) is 3.49. The van der Waals surface area contributed by atoms with Crippen LogP contribution in [-0.4, -0.2) is 12.6 Å². The summed E-state index contributed by atoms with van der Waals surface area (Å²) >= 11 is 13.6. The topological polar surface area (TPSA) is 12.0 Å². The van der Waals surface area contributed by atoms with Gasteiger partial charge in [0.2, 0.25) is 0 Å². The van der Waals surface area contributed by atoms with Gasteiger partial charge in [0.25, 0.3) is 0 Å². The van der Waals surface area contributed by atoms with E-state index in [1.807, 2.05) is 6.07 Å². The van der Waals surface area contributed by atoms with Crippen LogP contribution >= 0.6 is 34.5 Å². The van der Waals surface area contributed by atoms with Crippen molar-refractivity contribution in [3.05, 3.63) is 20.3 Å². The van der Waals surface area contributed by atoms with E-state index in [1.165, 1.54) is 23.3 Å². The molecular weight excluding hydrogens is 249 g/mol. The van der Waals surface area contributed by atoms with Crippen molar-refractivity contribution < 1.29 is 0 Å². The van der Waals surface area contributed by atoms with E-state index < -0.39 is 0 Å². The summed E-state index contributed by atoms with van der Waals surface area (Å²) in [4.78, 5) is 0. The van der Waals surface area contributed by atoms with Gasteiger partial charge in [0.05, 0.1) is 8.67 Å². The van der Waals surface area contributed by atoms with E-state index in [2.05, 4.69) is 19.2 Å². The molecule has 1 nitrogen and oxygen atoms in total. The van der Waals surface area contributed by atoms with E-state index in [1.54, 1.807) is 0 Å². The molecule has 0 aliphatic heterocycles. The van der Waals surface area contributed by atoms with Gasteiger partial charge in [0, 0.05) is 6.04 Å². The van der Waals surface area contributed by atoms with Crippen molar-refractivity contribution in [3.63, 3.8) is 0 Å². The molecule has 0 spiro atoms. The Kier molecular flexibility index (Phi) is 3.61. The van der Waals surface area contributed by atoms with Crippen LogP contribution in [0.3, 0.4) is 0 Å². The molecule has 15 heavy (non-hydrogen) atoms. The molecule has 1 aliphatic rings. The molecule has 1 aromatic rings. The number of hydrogen-bond acceptors (Lipinski definition) is 2. The minimum atomic E-state index is 0.588. The summed E-state index contributed by atoms with van der Waals surface area (Å²) in [7, 11) is 0. The zero-order valence-electron chi connectivity index (χ0n) is 8.89. The zero-order chi connectivity index (χ0) is 11.0. The zero-order valence-corrected chi connectivity index (χ0v) is 11.2. The van der Waals surface area contributed by atoms with Gasteiger partial charge >= 0.3 is 0 Å². The second-order valence-electron chi connectivity index (χ2n) is 4.15. The highest BCUT2D eigenvalue weighted by atomic mass is 35.5. The van der Waals surface area contributed by atoms with Crippen LogP contribution < -0.4 is 5.32 Å². The molecule has 0 amide bonds. The number of hydrogen-bond donors (Lipinski definition) is 1. The molecule has 1 saturated carbocycles. The van der Waals surface area contributed by atoms with Crippen LogP contribution in [-0.2, 0) is 0 Å². The van der Waals surface area contributed by atoms with E-state index in [0.29, 0.717) is 17.9 Å². The largest absolute Gasteiger partial charge is 0.314 e. The molecule has 4 heteroatoms. The van der Waals surface area contributed by atoms with Gasteiger partial charge in [-0.3, -0.25) is 0 Å². The Labute approximate surface area is 105 Å². The van der Waals surface area contributed by atoms with E-state index in [-0.39, 0.29) is 0 Å². The highest BCUT2D eigenvalue weighted by Gasteiger charge is 2.39. The van der Waals surface area contributed by atoms with Crippen LogP contribution in [0.5, 0.6) is 0 Å². The molecule has 0 bridgehead atoms. The van der Waals surface area contributed by atoms with E-state index in [4.69, 9.17) is 23.2 Å². The number of rotatable bonds is 3. The maximum Gasteiger partial charge on any atom is 0.0979 e. The molecule has 3 unspecified atom stereocenters. The van der Waals surface area contributed by atoms with Gasteiger partial charge in [0.15, 0.2) is 0 Å². The summed E-state index contributed by atoms with van der Waals surface area (Å²) in [5.41, 5.74) is 1.24. The number of thiophene rings is 1. The average Bonchev–Trinajstić information content (AvgIpc) is 2.51. The van der Waals surface area contributed by atoms with Crippen LogP contribution in [0.2, 0.25) is 8.67 Å². The fourth-order valence-electron chi connectivity index (χ4n) is 2.33. The van der Waals surface area contributed by atoms with Crippen LogP contribution in [0.15, 0.2) is 6.07 Å². The van der Waals surface area contributed by atoms with Crippen molar-refractivity contribution in [1.82, 2.24) is 5.32 Å². The van der Waals surface area contributed by atoms with Gasteiger partial charge in [-0.2, -0.15) is 0 Å². The molecule has 84 valence electrons. The van der Waals surface area contributed by atoms with Gasteiger partial charge in [-0.1, -0.05) is 37.0 Å².